The van der Waals surface area contributed by atoms with E-state index in [1.807, 2.05) is 50.2 Å². The molecule has 0 radical (unpaired) electrons. The largest absolute Gasteiger partial charge is 0.370 e. The molecule has 0 spiro atoms. The molecule has 3 aromatic rings. The van der Waals surface area contributed by atoms with Gasteiger partial charge in [-0.3, -0.25) is 9.78 Å². The summed E-state index contributed by atoms with van der Waals surface area (Å²) in [4.78, 5) is 19.4. The quantitative estimate of drug-likeness (QED) is 0.718. The van der Waals surface area contributed by atoms with Crippen LogP contribution in [-0.4, -0.2) is 24.0 Å². The first-order valence-corrected chi connectivity index (χ1v) is 9.97. The average molecular weight is 384 g/mol. The summed E-state index contributed by atoms with van der Waals surface area (Å²) in [7, 11) is 0. The van der Waals surface area contributed by atoms with Gasteiger partial charge in [-0.15, -0.1) is 0 Å². The van der Waals surface area contributed by atoms with Crippen molar-refractivity contribution in [3.8, 4) is 6.07 Å². The van der Waals surface area contributed by atoms with E-state index in [4.69, 9.17) is 0 Å². The number of fused-ring (bicyclic) bond motifs is 1. The van der Waals surface area contributed by atoms with Crippen molar-refractivity contribution in [2.75, 3.05) is 23.3 Å². The fourth-order valence-electron chi connectivity index (χ4n) is 4.03. The molecule has 1 amide bonds. The number of piperidine rings is 1. The van der Waals surface area contributed by atoms with E-state index in [9.17, 15) is 10.1 Å². The van der Waals surface area contributed by atoms with Gasteiger partial charge in [-0.1, -0.05) is 29.8 Å². The molecule has 0 unspecified atom stereocenters. The predicted octanol–water partition coefficient (Wildman–Crippen LogP) is 4.58. The number of para-hydroxylation sites is 1. The summed E-state index contributed by atoms with van der Waals surface area (Å²) in [5.74, 6) is 0.0566. The second-order valence-corrected chi connectivity index (χ2v) is 7.72. The number of aryl methyl sites for hydroxylation is 2. The lowest BCUT2D eigenvalue weighted by Gasteiger charge is -2.34. The molecule has 0 atom stereocenters. The third kappa shape index (κ3) is 3.79. The highest BCUT2D eigenvalue weighted by Crippen LogP contribution is 2.33. The molecular formula is C24H24N4O. The monoisotopic (exact) mass is 384 g/mol. The first-order chi connectivity index (χ1) is 14.1. The lowest BCUT2D eigenvalue weighted by Crippen LogP contribution is -2.38. The Morgan fingerprint density at radius 1 is 1.17 bits per heavy atom. The molecular weight excluding hydrogens is 360 g/mol. The molecule has 1 aromatic heterocycles. The Balaban J connectivity index is 1.53. The molecule has 1 fully saturated rings. The third-order valence-electron chi connectivity index (χ3n) is 5.70. The molecule has 1 saturated heterocycles. The van der Waals surface area contributed by atoms with E-state index >= 15 is 0 Å². The summed E-state index contributed by atoms with van der Waals surface area (Å²) in [5, 5.41) is 13.7. The van der Waals surface area contributed by atoms with Crippen LogP contribution in [0.1, 0.15) is 29.5 Å². The van der Waals surface area contributed by atoms with Crippen molar-refractivity contribution in [3.05, 3.63) is 65.4 Å². The van der Waals surface area contributed by atoms with Crippen LogP contribution in [-0.2, 0) is 4.79 Å². The number of pyridine rings is 1. The molecule has 1 aliphatic rings. The third-order valence-corrected chi connectivity index (χ3v) is 5.70. The van der Waals surface area contributed by atoms with Crippen LogP contribution < -0.4 is 10.2 Å². The van der Waals surface area contributed by atoms with Crippen molar-refractivity contribution >= 4 is 28.2 Å². The van der Waals surface area contributed by atoms with E-state index in [1.165, 1.54) is 0 Å². The first-order valence-electron chi connectivity index (χ1n) is 9.97. The van der Waals surface area contributed by atoms with Gasteiger partial charge in [0.15, 0.2) is 0 Å². The number of anilines is 2. The highest BCUT2D eigenvalue weighted by atomic mass is 16.1. The second-order valence-electron chi connectivity index (χ2n) is 7.72. The van der Waals surface area contributed by atoms with Gasteiger partial charge in [-0.2, -0.15) is 5.26 Å². The van der Waals surface area contributed by atoms with E-state index in [0.29, 0.717) is 5.56 Å². The number of amides is 1. The minimum atomic E-state index is -0.0220. The van der Waals surface area contributed by atoms with Gasteiger partial charge in [0, 0.05) is 36.3 Å². The number of carbonyl (C=O) groups is 1. The van der Waals surface area contributed by atoms with Crippen LogP contribution in [0.25, 0.3) is 10.9 Å². The van der Waals surface area contributed by atoms with Crippen LogP contribution in [0.5, 0.6) is 0 Å². The Morgan fingerprint density at radius 3 is 2.66 bits per heavy atom. The molecule has 0 aliphatic carbocycles. The van der Waals surface area contributed by atoms with E-state index in [0.717, 1.165) is 59.3 Å². The van der Waals surface area contributed by atoms with Crippen LogP contribution in [0, 0.1) is 31.1 Å². The van der Waals surface area contributed by atoms with Gasteiger partial charge in [0.2, 0.25) is 5.91 Å². The zero-order valence-corrected chi connectivity index (χ0v) is 16.8. The Kier molecular flexibility index (Phi) is 5.18. The van der Waals surface area contributed by atoms with Gasteiger partial charge in [0.25, 0.3) is 0 Å². The summed E-state index contributed by atoms with van der Waals surface area (Å²) in [6, 6.07) is 16.3. The van der Waals surface area contributed by atoms with Crippen molar-refractivity contribution < 1.29 is 4.79 Å². The maximum absolute atomic E-state index is 12.8. The van der Waals surface area contributed by atoms with Crippen molar-refractivity contribution in [2.45, 2.75) is 26.7 Å². The van der Waals surface area contributed by atoms with Gasteiger partial charge in [0.05, 0.1) is 16.8 Å². The number of hydrogen-bond acceptors (Lipinski definition) is 4. The zero-order valence-electron chi connectivity index (χ0n) is 16.8. The molecule has 2 heterocycles. The molecule has 5 heteroatoms. The van der Waals surface area contributed by atoms with E-state index < -0.39 is 0 Å². The number of nitrogens with one attached hydrogen (secondary N) is 1. The number of aromatic nitrogens is 1. The summed E-state index contributed by atoms with van der Waals surface area (Å²) in [5.41, 5.74) is 5.51. The number of rotatable bonds is 3. The highest BCUT2D eigenvalue weighted by Gasteiger charge is 2.27. The number of benzene rings is 2. The van der Waals surface area contributed by atoms with Gasteiger partial charge in [0.1, 0.15) is 6.07 Å². The van der Waals surface area contributed by atoms with Crippen molar-refractivity contribution in [1.82, 2.24) is 4.98 Å². The number of nitrogens with zero attached hydrogens (tertiary/aromatic N) is 3. The Hall–Kier alpha value is -3.39. The van der Waals surface area contributed by atoms with Crippen LogP contribution in [0.15, 0.2) is 48.7 Å². The normalized spacial score (nSPS) is 14.6. The van der Waals surface area contributed by atoms with Crippen LogP contribution >= 0.6 is 0 Å². The average Bonchev–Trinajstić information content (AvgIpc) is 2.74. The first kappa shape index (κ1) is 18.9. The molecule has 29 heavy (non-hydrogen) atoms. The maximum Gasteiger partial charge on any atom is 0.227 e. The number of nitriles is 1. The van der Waals surface area contributed by atoms with Crippen LogP contribution in [0.2, 0.25) is 0 Å². The van der Waals surface area contributed by atoms with E-state index in [2.05, 4.69) is 27.3 Å². The van der Waals surface area contributed by atoms with Gasteiger partial charge in [-0.05, 0) is 50.5 Å². The van der Waals surface area contributed by atoms with E-state index in [-0.39, 0.29) is 11.8 Å². The highest BCUT2D eigenvalue weighted by molar-refractivity contribution is 5.96. The standard InChI is InChI=1S/C24H24N4O/c1-16-7-8-22-20(13-16)23(19(14-25)15-26-22)28-11-9-18(10-12-28)24(29)27-21-6-4-3-5-17(21)2/h3-8,13,15,18H,9-12H2,1-2H3,(H,27,29). The Labute approximate surface area is 171 Å². The second kappa shape index (κ2) is 7.92. The summed E-state index contributed by atoms with van der Waals surface area (Å²) in [6.45, 7) is 5.53. The Bertz CT molecular complexity index is 1110. The molecule has 2 aromatic carbocycles. The topological polar surface area (TPSA) is 69.0 Å². The lowest BCUT2D eigenvalue weighted by molar-refractivity contribution is -0.120. The SMILES string of the molecule is Cc1ccc2ncc(C#N)c(N3CCC(C(=O)Nc4ccccc4C)CC3)c2c1. The molecule has 146 valence electrons. The van der Waals surface area contributed by atoms with Crippen LogP contribution in [0.4, 0.5) is 11.4 Å². The minimum Gasteiger partial charge on any atom is -0.370 e. The number of carbonyl (C=O) groups excluding carboxylic acids is 1. The molecule has 4 rings (SSSR count). The number of hydrogen-bond donors (Lipinski definition) is 1. The van der Waals surface area contributed by atoms with Gasteiger partial charge in [-0.25, -0.2) is 0 Å². The van der Waals surface area contributed by atoms with Crippen molar-refractivity contribution in [1.29, 1.82) is 5.26 Å². The van der Waals surface area contributed by atoms with Crippen LogP contribution in [0.3, 0.4) is 0 Å². The predicted molar refractivity (Wildman–Crippen MR) is 116 cm³/mol. The minimum absolute atomic E-state index is 0.0220. The molecule has 0 bridgehead atoms. The lowest BCUT2D eigenvalue weighted by atomic mass is 9.94. The van der Waals surface area contributed by atoms with Gasteiger partial charge >= 0.3 is 0 Å². The fraction of sp³-hybridized carbons (Fsp3) is 0.292. The molecule has 0 saturated carbocycles. The summed E-state index contributed by atoms with van der Waals surface area (Å²) < 4.78 is 0. The molecule has 1 aliphatic heterocycles. The van der Waals surface area contributed by atoms with Crippen molar-refractivity contribution in [2.24, 2.45) is 5.92 Å². The Morgan fingerprint density at radius 2 is 1.93 bits per heavy atom. The maximum atomic E-state index is 12.8. The molecule has 1 N–H and O–H groups in total. The van der Waals surface area contributed by atoms with Crippen molar-refractivity contribution in [3.63, 3.8) is 0 Å². The van der Waals surface area contributed by atoms with E-state index in [1.54, 1.807) is 6.20 Å². The summed E-state index contributed by atoms with van der Waals surface area (Å²) in [6.07, 6.45) is 3.18. The summed E-state index contributed by atoms with van der Waals surface area (Å²) >= 11 is 0. The smallest absolute Gasteiger partial charge is 0.227 e. The zero-order chi connectivity index (χ0) is 20.4. The molecule has 5 nitrogen and oxygen atoms in total. The van der Waals surface area contributed by atoms with Gasteiger partial charge < -0.3 is 10.2 Å². The fourth-order valence-corrected chi connectivity index (χ4v) is 4.03.